The van der Waals surface area contributed by atoms with Gasteiger partial charge in [-0.25, -0.2) is 4.39 Å². The maximum atomic E-state index is 13.1. The third-order valence-electron chi connectivity index (χ3n) is 3.30. The molecule has 2 rings (SSSR count). The van der Waals surface area contributed by atoms with Gasteiger partial charge >= 0.3 is 0 Å². The van der Waals surface area contributed by atoms with Crippen LogP contribution in [0.5, 0.6) is 0 Å². The summed E-state index contributed by atoms with van der Waals surface area (Å²) in [5, 5.41) is 12.3. The van der Waals surface area contributed by atoms with E-state index in [0.717, 1.165) is 22.9 Å². The molecule has 0 aromatic heterocycles. The monoisotopic (exact) mass is 329 g/mol. The van der Waals surface area contributed by atoms with Gasteiger partial charge in [0.25, 0.3) is 0 Å². The predicted molar refractivity (Wildman–Crippen MR) is 74.2 cm³/mol. The van der Waals surface area contributed by atoms with Gasteiger partial charge in [-0.3, -0.25) is 4.79 Å². The van der Waals surface area contributed by atoms with Crippen LogP contribution in [0.2, 0.25) is 0 Å². The fraction of sp³-hybridized carbons (Fsp3) is 0.500. The summed E-state index contributed by atoms with van der Waals surface area (Å²) in [4.78, 5) is 11.6. The highest BCUT2D eigenvalue weighted by Crippen LogP contribution is 2.32. The quantitative estimate of drug-likeness (QED) is 0.842. The number of aliphatic hydroxyl groups is 1. The van der Waals surface area contributed by atoms with Crippen LogP contribution < -0.4 is 5.32 Å². The number of nitrogens with one attached hydrogen (secondary N) is 1. The Kier molecular flexibility index (Phi) is 4.93. The molecule has 19 heavy (non-hydrogen) atoms. The van der Waals surface area contributed by atoms with Gasteiger partial charge in [0.15, 0.2) is 0 Å². The highest BCUT2D eigenvalue weighted by atomic mass is 79.9. The summed E-state index contributed by atoms with van der Waals surface area (Å²) in [6.07, 6.45) is 2.44. The first-order valence-corrected chi connectivity index (χ1v) is 7.24. The molecule has 0 heterocycles. The van der Waals surface area contributed by atoms with Crippen molar-refractivity contribution < 1.29 is 14.3 Å². The maximum absolute atomic E-state index is 13.1. The lowest BCUT2D eigenvalue weighted by atomic mass is 10.1. The van der Waals surface area contributed by atoms with Crippen LogP contribution in [0.15, 0.2) is 22.7 Å². The summed E-state index contributed by atoms with van der Waals surface area (Å²) in [5.74, 6) is -0.0590. The van der Waals surface area contributed by atoms with Crippen LogP contribution in [0.1, 0.15) is 24.8 Å². The molecular formula is C14H17BrFNO2. The minimum atomic E-state index is -0.426. The number of carbonyl (C=O) groups excluding carboxylic acids is 1. The Balaban J connectivity index is 1.74. The summed E-state index contributed by atoms with van der Waals surface area (Å²) in [5.41, 5.74) is 0.776. The van der Waals surface area contributed by atoms with E-state index in [1.54, 1.807) is 6.07 Å². The van der Waals surface area contributed by atoms with Crippen LogP contribution in [0.25, 0.3) is 0 Å². The van der Waals surface area contributed by atoms with Crippen LogP contribution in [-0.2, 0) is 11.2 Å². The Labute approximate surface area is 120 Å². The second kappa shape index (κ2) is 6.48. The minimum Gasteiger partial charge on any atom is -0.391 e. The number of aryl methyl sites for hydroxylation is 1. The molecule has 3 nitrogen and oxygen atoms in total. The van der Waals surface area contributed by atoms with Crippen LogP contribution in [0, 0.1) is 11.7 Å². The first kappa shape index (κ1) is 14.5. The van der Waals surface area contributed by atoms with E-state index in [9.17, 15) is 14.3 Å². The van der Waals surface area contributed by atoms with Crippen molar-refractivity contribution in [2.45, 2.75) is 31.8 Å². The van der Waals surface area contributed by atoms with Gasteiger partial charge < -0.3 is 10.4 Å². The summed E-state index contributed by atoms with van der Waals surface area (Å²) in [6, 6.07) is 4.44. The van der Waals surface area contributed by atoms with Crippen molar-refractivity contribution in [2.24, 2.45) is 5.92 Å². The molecule has 1 aliphatic carbocycles. The molecule has 1 amide bonds. The van der Waals surface area contributed by atoms with Crippen molar-refractivity contribution in [3.63, 3.8) is 0 Å². The first-order valence-electron chi connectivity index (χ1n) is 6.45. The van der Waals surface area contributed by atoms with Crippen molar-refractivity contribution in [1.82, 2.24) is 5.32 Å². The standard InChI is InChI=1S/C14H17BrFNO2/c15-12-5-4-11(16)7-10(12)3-6-14(19)17-8-13(18)9-1-2-9/h4-5,7,9,13,18H,1-3,6,8H2,(H,17,19)/t13-/m0/s1. The zero-order valence-electron chi connectivity index (χ0n) is 10.5. The average Bonchev–Trinajstić information content (AvgIpc) is 3.21. The van der Waals surface area contributed by atoms with Gasteiger partial charge in [0.1, 0.15) is 5.82 Å². The molecular weight excluding hydrogens is 313 g/mol. The van der Waals surface area contributed by atoms with Gasteiger partial charge in [-0.15, -0.1) is 0 Å². The van der Waals surface area contributed by atoms with Crippen molar-refractivity contribution in [3.05, 3.63) is 34.1 Å². The molecule has 0 spiro atoms. The predicted octanol–water partition coefficient (Wildman–Crippen LogP) is 2.41. The Morgan fingerprint density at radius 3 is 2.95 bits per heavy atom. The van der Waals surface area contributed by atoms with E-state index in [-0.39, 0.29) is 11.7 Å². The van der Waals surface area contributed by atoms with E-state index >= 15 is 0 Å². The van der Waals surface area contributed by atoms with E-state index in [4.69, 9.17) is 0 Å². The Morgan fingerprint density at radius 1 is 1.53 bits per heavy atom. The largest absolute Gasteiger partial charge is 0.391 e. The number of carbonyl (C=O) groups is 1. The number of aliphatic hydroxyl groups excluding tert-OH is 1. The SMILES string of the molecule is O=C(CCc1cc(F)ccc1Br)NC[C@H](O)C1CC1. The lowest BCUT2D eigenvalue weighted by Crippen LogP contribution is -2.33. The molecule has 1 saturated carbocycles. The van der Waals surface area contributed by atoms with Gasteiger partial charge in [0, 0.05) is 17.4 Å². The summed E-state index contributed by atoms with van der Waals surface area (Å²) >= 11 is 3.33. The third kappa shape index (κ3) is 4.58. The molecule has 0 bridgehead atoms. The van der Waals surface area contributed by atoms with Crippen molar-refractivity contribution in [3.8, 4) is 0 Å². The number of rotatable bonds is 6. The molecule has 1 atom stereocenters. The molecule has 2 N–H and O–H groups in total. The first-order chi connectivity index (χ1) is 9.06. The van der Waals surface area contributed by atoms with E-state index in [1.165, 1.54) is 12.1 Å². The fourth-order valence-electron chi connectivity index (χ4n) is 1.94. The lowest BCUT2D eigenvalue weighted by molar-refractivity contribution is -0.121. The highest BCUT2D eigenvalue weighted by molar-refractivity contribution is 9.10. The maximum Gasteiger partial charge on any atom is 0.220 e. The van der Waals surface area contributed by atoms with E-state index in [0.29, 0.717) is 25.3 Å². The lowest BCUT2D eigenvalue weighted by Gasteiger charge is -2.11. The molecule has 0 aliphatic heterocycles. The molecule has 1 aromatic rings. The van der Waals surface area contributed by atoms with Gasteiger partial charge in [-0.2, -0.15) is 0 Å². The third-order valence-corrected chi connectivity index (χ3v) is 4.08. The van der Waals surface area contributed by atoms with Crippen LogP contribution in [0.3, 0.4) is 0 Å². The summed E-state index contributed by atoms with van der Waals surface area (Å²) in [6.45, 7) is 0.313. The van der Waals surface area contributed by atoms with Gasteiger partial charge in [-0.05, 0) is 48.9 Å². The Bertz CT molecular complexity index is 463. The van der Waals surface area contributed by atoms with Crippen LogP contribution >= 0.6 is 15.9 Å². The molecule has 5 heteroatoms. The molecule has 0 unspecified atom stereocenters. The number of amides is 1. The zero-order valence-corrected chi connectivity index (χ0v) is 12.1. The Morgan fingerprint density at radius 2 is 2.26 bits per heavy atom. The number of hydrogen-bond acceptors (Lipinski definition) is 2. The summed E-state index contributed by atoms with van der Waals surface area (Å²) < 4.78 is 13.9. The molecule has 104 valence electrons. The van der Waals surface area contributed by atoms with Crippen molar-refractivity contribution >= 4 is 21.8 Å². The second-order valence-electron chi connectivity index (χ2n) is 4.94. The molecule has 0 saturated heterocycles. The topological polar surface area (TPSA) is 49.3 Å². The summed E-state index contributed by atoms with van der Waals surface area (Å²) in [7, 11) is 0. The average molecular weight is 330 g/mol. The van der Waals surface area contributed by atoms with Gasteiger partial charge in [0.05, 0.1) is 6.10 Å². The minimum absolute atomic E-state index is 0.115. The van der Waals surface area contributed by atoms with E-state index in [2.05, 4.69) is 21.2 Å². The zero-order chi connectivity index (χ0) is 13.8. The number of benzene rings is 1. The number of hydrogen-bond donors (Lipinski definition) is 2. The van der Waals surface area contributed by atoms with Crippen molar-refractivity contribution in [1.29, 1.82) is 0 Å². The molecule has 0 radical (unpaired) electrons. The molecule has 1 aliphatic rings. The van der Waals surface area contributed by atoms with Crippen LogP contribution in [-0.4, -0.2) is 23.7 Å². The van der Waals surface area contributed by atoms with Gasteiger partial charge in [-0.1, -0.05) is 15.9 Å². The van der Waals surface area contributed by atoms with E-state index in [1.807, 2.05) is 0 Å². The smallest absolute Gasteiger partial charge is 0.220 e. The second-order valence-corrected chi connectivity index (χ2v) is 5.80. The molecule has 1 aromatic carbocycles. The molecule has 1 fully saturated rings. The highest BCUT2D eigenvalue weighted by Gasteiger charge is 2.29. The Hall–Kier alpha value is -0.940. The van der Waals surface area contributed by atoms with Crippen LogP contribution in [0.4, 0.5) is 4.39 Å². The van der Waals surface area contributed by atoms with Crippen molar-refractivity contribution in [2.75, 3.05) is 6.54 Å². The van der Waals surface area contributed by atoms with Gasteiger partial charge in [0.2, 0.25) is 5.91 Å². The van der Waals surface area contributed by atoms with E-state index < -0.39 is 6.10 Å². The normalized spacial score (nSPS) is 16.2. The number of halogens is 2. The fourth-order valence-corrected chi connectivity index (χ4v) is 2.38.